The predicted molar refractivity (Wildman–Crippen MR) is 123 cm³/mol. The second kappa shape index (κ2) is 9.14. The molecule has 33 heavy (non-hydrogen) atoms. The molecule has 1 saturated heterocycles. The molecule has 0 bridgehead atoms. The van der Waals surface area contributed by atoms with Gasteiger partial charge in [0.05, 0.1) is 24.4 Å². The van der Waals surface area contributed by atoms with Crippen LogP contribution in [0.1, 0.15) is 23.4 Å². The molecule has 0 radical (unpaired) electrons. The number of para-hydroxylation sites is 1. The van der Waals surface area contributed by atoms with Crippen LogP contribution in [0.5, 0.6) is 0 Å². The van der Waals surface area contributed by atoms with E-state index in [9.17, 15) is 14.4 Å². The fourth-order valence-corrected chi connectivity index (χ4v) is 5.11. The maximum atomic E-state index is 13.1. The van der Waals surface area contributed by atoms with E-state index in [2.05, 4.69) is 15.7 Å². The van der Waals surface area contributed by atoms with Crippen LogP contribution in [0.25, 0.3) is 0 Å². The first-order valence-corrected chi connectivity index (χ1v) is 11.9. The van der Waals surface area contributed by atoms with Crippen molar-refractivity contribution in [3.8, 4) is 0 Å². The smallest absolute Gasteiger partial charge is 0.242 e. The van der Waals surface area contributed by atoms with Crippen LogP contribution in [-0.4, -0.2) is 34.0 Å². The quantitative estimate of drug-likeness (QED) is 0.555. The summed E-state index contributed by atoms with van der Waals surface area (Å²) in [6.07, 6.45) is 1.70. The Morgan fingerprint density at radius 3 is 2.79 bits per heavy atom. The van der Waals surface area contributed by atoms with E-state index >= 15 is 0 Å². The molecule has 2 aromatic heterocycles. The van der Waals surface area contributed by atoms with Crippen molar-refractivity contribution >= 4 is 41.0 Å². The Hall–Kier alpha value is -3.53. The number of carbonyl (C=O) groups excluding carboxylic acids is 3. The van der Waals surface area contributed by atoms with Crippen LogP contribution in [0, 0.1) is 5.92 Å². The van der Waals surface area contributed by atoms with Crippen molar-refractivity contribution in [2.45, 2.75) is 31.0 Å². The third kappa shape index (κ3) is 4.51. The molecule has 10 heteroatoms. The van der Waals surface area contributed by atoms with Crippen LogP contribution >= 0.6 is 11.8 Å². The van der Waals surface area contributed by atoms with Gasteiger partial charge in [-0.3, -0.25) is 14.4 Å². The molecule has 5 rings (SSSR count). The zero-order chi connectivity index (χ0) is 22.8. The number of aromatic nitrogens is 2. The Kier molecular flexibility index (Phi) is 5.91. The highest BCUT2D eigenvalue weighted by Crippen LogP contribution is 2.35. The van der Waals surface area contributed by atoms with Crippen molar-refractivity contribution in [3.63, 3.8) is 0 Å². The summed E-state index contributed by atoms with van der Waals surface area (Å²) in [4.78, 5) is 39.8. The van der Waals surface area contributed by atoms with Crippen molar-refractivity contribution in [2.24, 2.45) is 5.92 Å². The normalized spacial score (nSPS) is 17.3. The van der Waals surface area contributed by atoms with Crippen molar-refractivity contribution < 1.29 is 18.8 Å². The molecule has 3 aromatic rings. The number of hydrogen-bond acceptors (Lipinski definition) is 6. The minimum atomic E-state index is -0.474. The van der Waals surface area contributed by atoms with Crippen LogP contribution in [0.2, 0.25) is 0 Å². The summed E-state index contributed by atoms with van der Waals surface area (Å²) in [6.45, 7) is 0.584. The second-order valence-corrected chi connectivity index (χ2v) is 9.00. The summed E-state index contributed by atoms with van der Waals surface area (Å²) >= 11 is 1.71. The van der Waals surface area contributed by atoms with Crippen LogP contribution < -0.4 is 15.5 Å². The maximum absolute atomic E-state index is 13.1. The van der Waals surface area contributed by atoms with Gasteiger partial charge in [0, 0.05) is 35.7 Å². The molecule has 1 fully saturated rings. The lowest BCUT2D eigenvalue weighted by Crippen LogP contribution is -2.31. The van der Waals surface area contributed by atoms with Gasteiger partial charge in [0.2, 0.25) is 17.7 Å². The topological polar surface area (TPSA) is 109 Å². The average molecular weight is 466 g/mol. The molecule has 2 aliphatic heterocycles. The summed E-state index contributed by atoms with van der Waals surface area (Å²) in [7, 11) is 0. The number of rotatable bonds is 7. The van der Waals surface area contributed by atoms with Crippen molar-refractivity contribution in [3.05, 3.63) is 65.7 Å². The minimum Gasteiger partial charge on any atom is -0.467 e. The van der Waals surface area contributed by atoms with Gasteiger partial charge in [0.1, 0.15) is 18.1 Å². The van der Waals surface area contributed by atoms with E-state index in [-0.39, 0.29) is 37.2 Å². The Bertz CT molecular complexity index is 1180. The number of nitrogens with zero attached hydrogens (tertiary/aromatic N) is 3. The fourth-order valence-electron chi connectivity index (χ4n) is 4.07. The minimum absolute atomic E-state index is 0.0201. The summed E-state index contributed by atoms with van der Waals surface area (Å²) in [5.41, 5.74) is 2.60. The first kappa shape index (κ1) is 21.3. The molecule has 3 amide bonds. The van der Waals surface area contributed by atoms with Gasteiger partial charge >= 0.3 is 0 Å². The van der Waals surface area contributed by atoms with E-state index in [1.807, 2.05) is 30.3 Å². The Morgan fingerprint density at radius 1 is 1.15 bits per heavy atom. The Balaban J connectivity index is 1.27. The number of furan rings is 1. The predicted octanol–water partition coefficient (Wildman–Crippen LogP) is 2.53. The molecular weight excluding hydrogens is 442 g/mol. The molecule has 170 valence electrons. The molecule has 4 heterocycles. The zero-order valence-corrected chi connectivity index (χ0v) is 18.6. The summed E-state index contributed by atoms with van der Waals surface area (Å²) in [5.74, 6) is 1.64. The lowest BCUT2D eigenvalue weighted by atomic mass is 10.1. The third-order valence-corrected chi connectivity index (χ3v) is 6.73. The van der Waals surface area contributed by atoms with Gasteiger partial charge < -0.3 is 20.0 Å². The molecular formula is C23H23N5O4S. The standard InChI is InChI=1S/C23H23N5O4S/c29-20(24-10-17-7-4-8-32-17)12-28-22(18-13-33-14-19(18)26-28)25-23(31)15-9-21(30)27(11-15)16-5-2-1-3-6-16/h1-8,15H,9-14H2,(H,24,29)(H,25,31). The van der Waals surface area contributed by atoms with Gasteiger partial charge in [-0.25, -0.2) is 4.68 Å². The lowest BCUT2D eigenvalue weighted by Gasteiger charge is -2.17. The van der Waals surface area contributed by atoms with E-state index < -0.39 is 5.92 Å². The van der Waals surface area contributed by atoms with Gasteiger partial charge in [0.15, 0.2) is 0 Å². The van der Waals surface area contributed by atoms with Gasteiger partial charge in [-0.05, 0) is 24.3 Å². The number of anilines is 2. The molecule has 2 aliphatic rings. The average Bonchev–Trinajstić information content (AvgIpc) is 3.60. The number of fused-ring (bicyclic) bond motifs is 1. The van der Waals surface area contributed by atoms with Crippen LogP contribution in [0.15, 0.2) is 53.1 Å². The number of nitrogens with one attached hydrogen (secondary N) is 2. The van der Waals surface area contributed by atoms with Gasteiger partial charge in [-0.2, -0.15) is 16.9 Å². The second-order valence-electron chi connectivity index (χ2n) is 8.01. The number of hydrogen-bond donors (Lipinski definition) is 2. The van der Waals surface area contributed by atoms with Crippen LogP contribution in [0.3, 0.4) is 0 Å². The summed E-state index contributed by atoms with van der Waals surface area (Å²) in [5, 5.41) is 10.3. The molecule has 0 saturated carbocycles. The SMILES string of the molecule is O=C(Cn1nc2c(c1NC(=O)C1CC(=O)N(c3ccccc3)C1)CSC2)NCc1ccco1. The first-order chi connectivity index (χ1) is 16.1. The van der Waals surface area contributed by atoms with E-state index in [4.69, 9.17) is 4.42 Å². The third-order valence-electron chi connectivity index (χ3n) is 5.76. The van der Waals surface area contributed by atoms with Crippen molar-refractivity contribution in [1.29, 1.82) is 0 Å². The molecule has 1 unspecified atom stereocenters. The Morgan fingerprint density at radius 2 is 2.00 bits per heavy atom. The maximum Gasteiger partial charge on any atom is 0.242 e. The van der Waals surface area contributed by atoms with Crippen LogP contribution in [-0.2, 0) is 39.0 Å². The molecule has 1 atom stereocenters. The largest absolute Gasteiger partial charge is 0.467 e. The van der Waals surface area contributed by atoms with Gasteiger partial charge in [0.25, 0.3) is 0 Å². The number of benzene rings is 1. The highest BCUT2D eigenvalue weighted by Gasteiger charge is 2.36. The van der Waals surface area contributed by atoms with E-state index in [0.29, 0.717) is 18.1 Å². The van der Waals surface area contributed by atoms with E-state index in [0.717, 1.165) is 28.5 Å². The van der Waals surface area contributed by atoms with Gasteiger partial charge in [-0.1, -0.05) is 18.2 Å². The molecule has 2 N–H and O–H groups in total. The highest BCUT2D eigenvalue weighted by atomic mass is 32.2. The summed E-state index contributed by atoms with van der Waals surface area (Å²) < 4.78 is 6.79. The fraction of sp³-hybridized carbons (Fsp3) is 0.304. The number of carbonyl (C=O) groups is 3. The number of thioether (sulfide) groups is 1. The molecule has 9 nitrogen and oxygen atoms in total. The molecule has 0 spiro atoms. The summed E-state index contributed by atoms with van der Waals surface area (Å²) in [6, 6.07) is 12.9. The molecule has 1 aromatic carbocycles. The Labute approximate surface area is 194 Å². The highest BCUT2D eigenvalue weighted by molar-refractivity contribution is 7.98. The van der Waals surface area contributed by atoms with E-state index in [1.54, 1.807) is 39.7 Å². The van der Waals surface area contributed by atoms with Crippen molar-refractivity contribution in [1.82, 2.24) is 15.1 Å². The van der Waals surface area contributed by atoms with Crippen LogP contribution in [0.4, 0.5) is 11.5 Å². The monoisotopic (exact) mass is 465 g/mol. The van der Waals surface area contributed by atoms with Gasteiger partial charge in [-0.15, -0.1) is 0 Å². The zero-order valence-electron chi connectivity index (χ0n) is 17.8. The van der Waals surface area contributed by atoms with Crippen molar-refractivity contribution in [2.75, 3.05) is 16.8 Å². The van der Waals surface area contributed by atoms with E-state index in [1.165, 1.54) is 0 Å². The lowest BCUT2D eigenvalue weighted by molar-refractivity contribution is -0.123. The first-order valence-electron chi connectivity index (χ1n) is 10.7. The number of amides is 3. The molecule has 0 aliphatic carbocycles.